The summed E-state index contributed by atoms with van der Waals surface area (Å²) in [5, 5.41) is 12.9. The molecule has 3 rings (SSSR count). The van der Waals surface area contributed by atoms with Gasteiger partial charge in [-0.1, -0.05) is 26.0 Å². The van der Waals surface area contributed by atoms with Crippen LogP contribution in [0.15, 0.2) is 28.1 Å². The Morgan fingerprint density at radius 2 is 2.06 bits per heavy atom. The predicted octanol–water partition coefficient (Wildman–Crippen LogP) is 0.208. The molecule has 12 nitrogen and oxygen atoms in total. The third-order valence-corrected chi connectivity index (χ3v) is 8.22. The first-order valence-electron chi connectivity index (χ1n) is 12.2. The highest BCUT2D eigenvalue weighted by atomic mass is 32.2. The molecule has 1 amide bonds. The first kappa shape index (κ1) is 27.7. The fourth-order valence-electron chi connectivity index (χ4n) is 4.76. The van der Waals surface area contributed by atoms with Crippen LogP contribution in [-0.2, 0) is 26.0 Å². The number of carboxylic acids is 1. The zero-order valence-corrected chi connectivity index (χ0v) is 21.6. The summed E-state index contributed by atoms with van der Waals surface area (Å²) >= 11 is 0. The minimum atomic E-state index is -4.11. The van der Waals surface area contributed by atoms with Gasteiger partial charge in [0.05, 0.1) is 5.69 Å². The SMILES string of the molecule is CC1CNc2c(cccc2S(=O)(=O)N[C@H](CCCN=C(N)NN)C(=O)N2CC[C@@H](C)CC2C(=O)O)C1. The first-order valence-corrected chi connectivity index (χ1v) is 13.7. The van der Waals surface area contributed by atoms with Gasteiger partial charge in [-0.25, -0.2) is 19.1 Å². The van der Waals surface area contributed by atoms with Gasteiger partial charge in [-0.3, -0.25) is 15.2 Å². The number of amides is 1. The number of aliphatic carboxylic acids is 1. The zero-order valence-electron chi connectivity index (χ0n) is 20.7. The summed E-state index contributed by atoms with van der Waals surface area (Å²) in [6, 6.07) is 2.92. The molecule has 1 aromatic rings. The number of nitrogens with two attached hydrogens (primary N) is 2. The molecule has 0 saturated carbocycles. The topological polar surface area (TPSA) is 192 Å². The van der Waals surface area contributed by atoms with Crippen molar-refractivity contribution in [1.29, 1.82) is 0 Å². The Bertz CT molecular complexity index is 1090. The van der Waals surface area contributed by atoms with Crippen molar-refractivity contribution in [2.45, 2.75) is 62.9 Å². The van der Waals surface area contributed by atoms with E-state index in [1.807, 2.05) is 13.0 Å². The van der Waals surface area contributed by atoms with Crippen molar-refractivity contribution in [3.8, 4) is 0 Å². The third-order valence-electron chi connectivity index (χ3n) is 6.71. The van der Waals surface area contributed by atoms with Gasteiger partial charge in [0.15, 0.2) is 0 Å². The molecule has 36 heavy (non-hydrogen) atoms. The molecule has 1 fully saturated rings. The van der Waals surface area contributed by atoms with Crippen molar-refractivity contribution >= 4 is 33.5 Å². The number of carbonyl (C=O) groups excluding carboxylic acids is 1. The number of carbonyl (C=O) groups is 2. The lowest BCUT2D eigenvalue weighted by atomic mass is 9.91. The Morgan fingerprint density at radius 3 is 2.75 bits per heavy atom. The molecule has 2 aliphatic rings. The van der Waals surface area contributed by atoms with Crippen LogP contribution in [0, 0.1) is 11.8 Å². The second-order valence-electron chi connectivity index (χ2n) is 9.72. The molecule has 200 valence electrons. The molecule has 0 aliphatic carbocycles. The maximum Gasteiger partial charge on any atom is 0.326 e. The average Bonchev–Trinajstić information content (AvgIpc) is 2.84. The molecular weight excluding hydrogens is 486 g/mol. The van der Waals surface area contributed by atoms with Crippen LogP contribution in [0.3, 0.4) is 0 Å². The lowest BCUT2D eigenvalue weighted by Crippen LogP contribution is -2.56. The Morgan fingerprint density at radius 1 is 1.31 bits per heavy atom. The maximum absolute atomic E-state index is 13.6. The number of hydrogen-bond donors (Lipinski definition) is 6. The summed E-state index contributed by atoms with van der Waals surface area (Å²) in [5.74, 6) is 4.08. The molecule has 0 aromatic heterocycles. The quantitative estimate of drug-likeness (QED) is 0.0862. The number of piperidine rings is 1. The second kappa shape index (κ2) is 11.9. The van der Waals surface area contributed by atoms with Gasteiger partial charge in [-0.05, 0) is 55.6 Å². The van der Waals surface area contributed by atoms with Gasteiger partial charge in [-0.2, -0.15) is 4.72 Å². The lowest BCUT2D eigenvalue weighted by molar-refractivity contribution is -0.153. The summed E-state index contributed by atoms with van der Waals surface area (Å²) in [6.07, 6.45) is 2.14. The monoisotopic (exact) mass is 523 g/mol. The highest BCUT2D eigenvalue weighted by Gasteiger charge is 2.39. The van der Waals surface area contributed by atoms with Crippen molar-refractivity contribution in [2.24, 2.45) is 28.4 Å². The van der Waals surface area contributed by atoms with Crippen LogP contribution in [-0.4, -0.2) is 68.0 Å². The number of hydrogen-bond acceptors (Lipinski definition) is 7. The Labute approximate surface area is 211 Å². The summed E-state index contributed by atoms with van der Waals surface area (Å²) in [4.78, 5) is 30.8. The van der Waals surface area contributed by atoms with Crippen molar-refractivity contribution in [2.75, 3.05) is 25.0 Å². The van der Waals surface area contributed by atoms with E-state index in [0.29, 0.717) is 37.4 Å². The van der Waals surface area contributed by atoms with E-state index >= 15 is 0 Å². The van der Waals surface area contributed by atoms with Gasteiger partial charge < -0.3 is 21.1 Å². The standard InChI is InChI=1S/C23H37N7O5S/c1-14-8-10-30(18(12-14)22(32)33)21(31)17(6-4-9-26-23(24)28-25)29-36(34,35)19-7-3-5-16-11-15(2)13-27-20(16)19/h3,5,7,14-15,17-18,27,29H,4,6,8-13,25H2,1-2H3,(H,32,33)(H3,24,26,28)/t14-,15?,17-,18?/m1/s1. The van der Waals surface area contributed by atoms with E-state index in [1.165, 1.54) is 11.0 Å². The van der Waals surface area contributed by atoms with Crippen molar-refractivity contribution in [3.63, 3.8) is 0 Å². The van der Waals surface area contributed by atoms with Crippen molar-refractivity contribution in [3.05, 3.63) is 23.8 Å². The number of rotatable bonds is 9. The number of aliphatic imine (C=N–C) groups is 1. The van der Waals surface area contributed by atoms with E-state index in [9.17, 15) is 23.1 Å². The number of nitrogens with one attached hydrogen (secondary N) is 3. The van der Waals surface area contributed by atoms with Gasteiger partial charge in [0.2, 0.25) is 21.9 Å². The number of para-hydroxylation sites is 1. The Hall–Kier alpha value is -2.90. The number of nitrogens with zero attached hydrogens (tertiary/aromatic N) is 2. The largest absolute Gasteiger partial charge is 0.480 e. The molecule has 2 heterocycles. The molecule has 1 aromatic carbocycles. The predicted molar refractivity (Wildman–Crippen MR) is 136 cm³/mol. The smallest absolute Gasteiger partial charge is 0.326 e. The molecule has 1 saturated heterocycles. The average molecular weight is 524 g/mol. The van der Waals surface area contributed by atoms with E-state index in [0.717, 1.165) is 12.0 Å². The summed E-state index contributed by atoms with van der Waals surface area (Å²) < 4.78 is 29.6. The molecule has 0 radical (unpaired) electrons. The van der Waals surface area contributed by atoms with Gasteiger partial charge in [0, 0.05) is 19.6 Å². The Kier molecular flexibility index (Phi) is 9.14. The highest BCUT2D eigenvalue weighted by molar-refractivity contribution is 7.89. The second-order valence-corrected chi connectivity index (χ2v) is 11.4. The van der Waals surface area contributed by atoms with Crippen LogP contribution in [0.25, 0.3) is 0 Å². The van der Waals surface area contributed by atoms with Gasteiger partial charge >= 0.3 is 5.97 Å². The van der Waals surface area contributed by atoms with E-state index in [2.05, 4.69) is 27.4 Å². The summed E-state index contributed by atoms with van der Waals surface area (Å²) in [6.45, 7) is 5.12. The number of sulfonamides is 1. The van der Waals surface area contributed by atoms with Crippen molar-refractivity contribution < 1.29 is 23.1 Å². The zero-order chi connectivity index (χ0) is 26.5. The minimum absolute atomic E-state index is 0.0191. The summed E-state index contributed by atoms with van der Waals surface area (Å²) in [5.41, 5.74) is 9.18. The van der Waals surface area contributed by atoms with Crippen molar-refractivity contribution in [1.82, 2.24) is 15.0 Å². The van der Waals surface area contributed by atoms with Gasteiger partial charge in [0.1, 0.15) is 17.0 Å². The highest BCUT2D eigenvalue weighted by Crippen LogP contribution is 2.31. The number of hydrazine groups is 1. The molecule has 4 atom stereocenters. The molecule has 0 bridgehead atoms. The maximum atomic E-state index is 13.6. The van der Waals surface area contributed by atoms with E-state index in [1.54, 1.807) is 6.07 Å². The number of likely N-dealkylation sites (tertiary alicyclic amines) is 1. The third kappa shape index (κ3) is 6.65. The van der Waals surface area contributed by atoms with Crippen LogP contribution >= 0.6 is 0 Å². The first-order chi connectivity index (χ1) is 17.0. The Balaban J connectivity index is 1.87. The molecule has 8 N–H and O–H groups in total. The number of anilines is 1. The number of guanidine groups is 1. The molecule has 0 spiro atoms. The van der Waals surface area contributed by atoms with Crippen LogP contribution in [0.2, 0.25) is 0 Å². The minimum Gasteiger partial charge on any atom is -0.480 e. The number of carboxylic acid groups (broad SMARTS) is 1. The lowest BCUT2D eigenvalue weighted by Gasteiger charge is -2.38. The van der Waals surface area contributed by atoms with Gasteiger partial charge in [0.25, 0.3) is 0 Å². The molecular formula is C23H37N7O5S. The van der Waals surface area contributed by atoms with Crippen LogP contribution in [0.4, 0.5) is 5.69 Å². The number of benzene rings is 1. The fraction of sp³-hybridized carbons (Fsp3) is 0.609. The van der Waals surface area contributed by atoms with E-state index < -0.39 is 34.0 Å². The van der Waals surface area contributed by atoms with Gasteiger partial charge in [-0.15, -0.1) is 0 Å². The van der Waals surface area contributed by atoms with Crippen LogP contribution < -0.4 is 27.0 Å². The van der Waals surface area contributed by atoms with Crippen LogP contribution in [0.5, 0.6) is 0 Å². The summed E-state index contributed by atoms with van der Waals surface area (Å²) in [7, 11) is -4.11. The fourth-order valence-corrected chi connectivity index (χ4v) is 6.21. The number of fused-ring (bicyclic) bond motifs is 1. The van der Waals surface area contributed by atoms with Crippen LogP contribution in [0.1, 0.15) is 45.1 Å². The van der Waals surface area contributed by atoms with E-state index in [4.69, 9.17) is 11.6 Å². The molecule has 2 aliphatic heterocycles. The molecule has 13 heteroatoms. The van der Waals surface area contributed by atoms with E-state index in [-0.39, 0.29) is 36.3 Å². The molecule has 2 unspecified atom stereocenters. The normalized spacial score (nSPS) is 23.4.